The third-order valence-electron chi connectivity index (χ3n) is 4.44. The second kappa shape index (κ2) is 7.19. The second-order valence-corrected chi connectivity index (χ2v) is 6.35. The van der Waals surface area contributed by atoms with Crippen molar-refractivity contribution in [2.75, 3.05) is 24.2 Å². The standard InChI is InChI=1S/C20H16N4O5/c25-20(24-13-2-4-16-18(6-13)29-11-27-16)14-7-19(23-9-22-14)21-8-12-1-3-15-17(5-12)28-10-26-15/h1-7,9H,8,10-11H2,(H,24,25)(H,21,22,23). The summed E-state index contributed by atoms with van der Waals surface area (Å²) in [5.41, 5.74) is 1.83. The van der Waals surface area contributed by atoms with Gasteiger partial charge in [-0.25, -0.2) is 9.97 Å². The smallest absolute Gasteiger partial charge is 0.274 e. The van der Waals surface area contributed by atoms with Crippen LogP contribution in [0.15, 0.2) is 48.8 Å². The minimum Gasteiger partial charge on any atom is -0.454 e. The maximum atomic E-state index is 12.5. The number of fused-ring (bicyclic) bond motifs is 2. The number of benzene rings is 2. The molecule has 5 rings (SSSR count). The Morgan fingerprint density at radius 2 is 1.59 bits per heavy atom. The number of hydrogen-bond acceptors (Lipinski definition) is 8. The molecular formula is C20H16N4O5. The Morgan fingerprint density at radius 3 is 2.41 bits per heavy atom. The molecule has 2 aromatic carbocycles. The molecule has 1 aromatic heterocycles. The van der Waals surface area contributed by atoms with Crippen LogP contribution in [-0.2, 0) is 6.54 Å². The van der Waals surface area contributed by atoms with Crippen LogP contribution < -0.4 is 29.6 Å². The summed E-state index contributed by atoms with van der Waals surface area (Å²) in [4.78, 5) is 20.8. The lowest BCUT2D eigenvalue weighted by atomic mass is 10.2. The van der Waals surface area contributed by atoms with Gasteiger partial charge in [0.1, 0.15) is 17.8 Å². The Bertz CT molecular complexity index is 1090. The van der Waals surface area contributed by atoms with Crippen LogP contribution in [0.2, 0.25) is 0 Å². The van der Waals surface area contributed by atoms with Gasteiger partial charge in [0.25, 0.3) is 5.91 Å². The molecule has 0 saturated heterocycles. The fourth-order valence-corrected chi connectivity index (χ4v) is 2.99. The Hall–Kier alpha value is -4.01. The van der Waals surface area contributed by atoms with Crippen LogP contribution in [0.3, 0.4) is 0 Å². The average molecular weight is 392 g/mol. The predicted molar refractivity (Wildman–Crippen MR) is 102 cm³/mol. The molecule has 0 aliphatic carbocycles. The third-order valence-corrected chi connectivity index (χ3v) is 4.44. The van der Waals surface area contributed by atoms with Gasteiger partial charge in [-0.2, -0.15) is 0 Å². The summed E-state index contributed by atoms with van der Waals surface area (Å²) in [6.45, 7) is 0.924. The van der Waals surface area contributed by atoms with Crippen LogP contribution in [0.4, 0.5) is 11.5 Å². The Kier molecular flexibility index (Phi) is 4.24. The number of amides is 1. The molecular weight excluding hydrogens is 376 g/mol. The molecule has 0 atom stereocenters. The van der Waals surface area contributed by atoms with Gasteiger partial charge in [-0.05, 0) is 29.8 Å². The van der Waals surface area contributed by atoms with Crippen LogP contribution in [0.25, 0.3) is 0 Å². The van der Waals surface area contributed by atoms with E-state index in [2.05, 4.69) is 20.6 Å². The maximum absolute atomic E-state index is 12.5. The topological polar surface area (TPSA) is 104 Å². The van der Waals surface area contributed by atoms with E-state index in [0.717, 1.165) is 17.1 Å². The maximum Gasteiger partial charge on any atom is 0.274 e. The van der Waals surface area contributed by atoms with Gasteiger partial charge in [-0.15, -0.1) is 0 Å². The average Bonchev–Trinajstić information content (AvgIpc) is 3.41. The summed E-state index contributed by atoms with van der Waals surface area (Å²) in [5, 5.41) is 5.98. The molecule has 0 bridgehead atoms. The summed E-state index contributed by atoms with van der Waals surface area (Å²) in [5.74, 6) is 2.89. The molecule has 29 heavy (non-hydrogen) atoms. The summed E-state index contributed by atoms with van der Waals surface area (Å²) >= 11 is 0. The minimum absolute atomic E-state index is 0.178. The molecule has 0 fully saturated rings. The lowest BCUT2D eigenvalue weighted by molar-refractivity contribution is 0.102. The van der Waals surface area contributed by atoms with Crippen LogP contribution in [-0.4, -0.2) is 29.5 Å². The van der Waals surface area contributed by atoms with Crippen molar-refractivity contribution in [2.45, 2.75) is 6.54 Å². The largest absolute Gasteiger partial charge is 0.454 e. The molecule has 9 heteroatoms. The Morgan fingerprint density at radius 1 is 0.862 bits per heavy atom. The van der Waals surface area contributed by atoms with Gasteiger partial charge in [0.2, 0.25) is 13.6 Å². The number of anilines is 2. The molecule has 1 amide bonds. The van der Waals surface area contributed by atoms with Crippen molar-refractivity contribution in [3.05, 3.63) is 60.0 Å². The van der Waals surface area contributed by atoms with Crippen molar-refractivity contribution in [1.82, 2.24) is 9.97 Å². The number of rotatable bonds is 5. The lowest BCUT2D eigenvalue weighted by Gasteiger charge is -2.09. The predicted octanol–water partition coefficient (Wildman–Crippen LogP) is 2.80. The normalized spacial score (nSPS) is 13.2. The summed E-state index contributed by atoms with van der Waals surface area (Å²) in [6.07, 6.45) is 1.34. The molecule has 2 N–H and O–H groups in total. The molecule has 0 radical (unpaired) electrons. The zero-order valence-corrected chi connectivity index (χ0v) is 15.2. The highest BCUT2D eigenvalue weighted by Crippen LogP contribution is 2.34. The monoisotopic (exact) mass is 392 g/mol. The summed E-state index contributed by atoms with van der Waals surface area (Å²) < 4.78 is 21.3. The fraction of sp³-hybridized carbons (Fsp3) is 0.150. The third kappa shape index (κ3) is 3.57. The van der Waals surface area contributed by atoms with Gasteiger partial charge < -0.3 is 29.6 Å². The number of carbonyl (C=O) groups is 1. The molecule has 0 saturated carbocycles. The number of nitrogens with zero attached hydrogens (tertiary/aromatic N) is 2. The van der Waals surface area contributed by atoms with Crippen LogP contribution in [0.5, 0.6) is 23.0 Å². The van der Waals surface area contributed by atoms with Crippen LogP contribution in [0, 0.1) is 0 Å². The molecule has 2 aliphatic heterocycles. The Balaban J connectivity index is 1.25. The fourth-order valence-electron chi connectivity index (χ4n) is 2.99. The van der Waals surface area contributed by atoms with E-state index in [4.69, 9.17) is 18.9 Å². The number of hydrogen-bond donors (Lipinski definition) is 2. The summed E-state index contributed by atoms with van der Waals surface area (Å²) in [6, 6.07) is 12.5. The van der Waals surface area contributed by atoms with E-state index in [1.807, 2.05) is 18.2 Å². The first kappa shape index (κ1) is 17.1. The molecule has 2 aliphatic rings. The number of aromatic nitrogens is 2. The number of carbonyl (C=O) groups excluding carboxylic acids is 1. The molecule has 0 unspecified atom stereocenters. The van der Waals surface area contributed by atoms with E-state index in [9.17, 15) is 4.79 Å². The minimum atomic E-state index is -0.350. The van der Waals surface area contributed by atoms with E-state index < -0.39 is 0 Å². The van der Waals surface area contributed by atoms with E-state index in [1.165, 1.54) is 6.33 Å². The van der Waals surface area contributed by atoms with E-state index >= 15 is 0 Å². The van der Waals surface area contributed by atoms with Crippen molar-refractivity contribution in [3.63, 3.8) is 0 Å². The zero-order chi connectivity index (χ0) is 19.6. The molecule has 3 heterocycles. The highest BCUT2D eigenvalue weighted by atomic mass is 16.7. The zero-order valence-electron chi connectivity index (χ0n) is 15.2. The van der Waals surface area contributed by atoms with Gasteiger partial charge >= 0.3 is 0 Å². The van der Waals surface area contributed by atoms with Gasteiger partial charge in [-0.1, -0.05) is 6.07 Å². The molecule has 146 valence electrons. The van der Waals surface area contributed by atoms with Crippen LogP contribution >= 0.6 is 0 Å². The summed E-state index contributed by atoms with van der Waals surface area (Å²) in [7, 11) is 0. The number of ether oxygens (including phenoxy) is 4. The van der Waals surface area contributed by atoms with E-state index in [0.29, 0.717) is 29.5 Å². The van der Waals surface area contributed by atoms with Gasteiger partial charge in [0.15, 0.2) is 23.0 Å². The van der Waals surface area contributed by atoms with E-state index in [-0.39, 0.29) is 25.2 Å². The highest BCUT2D eigenvalue weighted by molar-refractivity contribution is 6.03. The molecule has 0 spiro atoms. The lowest BCUT2D eigenvalue weighted by Crippen LogP contribution is -2.14. The van der Waals surface area contributed by atoms with Gasteiger partial charge in [0.05, 0.1) is 0 Å². The van der Waals surface area contributed by atoms with Crippen molar-refractivity contribution in [2.24, 2.45) is 0 Å². The SMILES string of the molecule is O=C(Nc1ccc2c(c1)OCO2)c1cc(NCc2ccc3c(c2)OCO3)ncn1. The van der Waals surface area contributed by atoms with Crippen molar-refractivity contribution in [1.29, 1.82) is 0 Å². The Labute approximate surface area is 165 Å². The second-order valence-electron chi connectivity index (χ2n) is 6.35. The van der Waals surface area contributed by atoms with Crippen LogP contribution in [0.1, 0.15) is 16.1 Å². The van der Waals surface area contributed by atoms with Crippen molar-refractivity contribution < 1.29 is 23.7 Å². The van der Waals surface area contributed by atoms with E-state index in [1.54, 1.807) is 24.3 Å². The first-order chi connectivity index (χ1) is 14.2. The molecule has 9 nitrogen and oxygen atoms in total. The van der Waals surface area contributed by atoms with Gasteiger partial charge in [-0.3, -0.25) is 4.79 Å². The first-order valence-electron chi connectivity index (χ1n) is 8.90. The highest BCUT2D eigenvalue weighted by Gasteiger charge is 2.16. The quantitative estimate of drug-likeness (QED) is 0.683. The van der Waals surface area contributed by atoms with Crippen molar-refractivity contribution >= 4 is 17.4 Å². The number of nitrogens with one attached hydrogen (secondary N) is 2. The van der Waals surface area contributed by atoms with Crippen molar-refractivity contribution in [3.8, 4) is 23.0 Å². The first-order valence-corrected chi connectivity index (χ1v) is 8.90. The van der Waals surface area contributed by atoms with Gasteiger partial charge in [0, 0.05) is 24.4 Å². The molecule has 3 aromatic rings.